The second-order valence-electron chi connectivity index (χ2n) is 4.58. The van der Waals surface area contributed by atoms with Crippen molar-refractivity contribution in [2.24, 2.45) is 5.73 Å². The predicted octanol–water partition coefficient (Wildman–Crippen LogP) is -0.707. The van der Waals surface area contributed by atoms with Crippen molar-refractivity contribution in [2.75, 3.05) is 6.54 Å². The molecule has 0 aromatic carbocycles. The summed E-state index contributed by atoms with van der Waals surface area (Å²) in [7, 11) is 0. The number of hydrogen-bond donors (Lipinski definition) is 4. The number of nitrogens with zero attached hydrogens (tertiary/aromatic N) is 1. The third-order valence-electron chi connectivity index (χ3n) is 2.83. The van der Waals surface area contributed by atoms with Crippen molar-refractivity contribution in [3.05, 3.63) is 22.3 Å². The first-order chi connectivity index (χ1) is 10.7. The van der Waals surface area contributed by atoms with Crippen LogP contribution in [0, 0.1) is 10.1 Å². The Labute approximate surface area is 131 Å². The number of carboxylic acid groups (broad SMARTS) is 2. The van der Waals surface area contributed by atoms with E-state index < -0.39 is 17.0 Å². The summed E-state index contributed by atoms with van der Waals surface area (Å²) in [6.07, 6.45) is 3.37. The number of carbonyl (C=O) groups excluding carboxylic acids is 1. The summed E-state index contributed by atoms with van der Waals surface area (Å²) >= 11 is 0. The van der Waals surface area contributed by atoms with Gasteiger partial charge in [0.1, 0.15) is 6.10 Å². The molecule has 0 bridgehead atoms. The van der Waals surface area contributed by atoms with Gasteiger partial charge < -0.3 is 26.1 Å². The second-order valence-corrected chi connectivity index (χ2v) is 4.58. The SMILES string of the molecule is NCC(=O)NC1CCC(O[N+](=O)[O-])CC1.O=C(O)C=CC(=O)O. The number of rotatable bonds is 6. The molecular formula is C12H19N3O8. The molecular weight excluding hydrogens is 314 g/mol. The Hall–Kier alpha value is -2.69. The van der Waals surface area contributed by atoms with Crippen LogP contribution >= 0.6 is 0 Å². The van der Waals surface area contributed by atoms with E-state index in [0.29, 0.717) is 37.8 Å². The first kappa shape index (κ1) is 20.3. The van der Waals surface area contributed by atoms with Crippen LogP contribution < -0.4 is 11.1 Å². The quantitative estimate of drug-likeness (QED) is 0.277. The number of hydrogen-bond acceptors (Lipinski definition) is 7. The van der Waals surface area contributed by atoms with E-state index in [1.54, 1.807) is 0 Å². The van der Waals surface area contributed by atoms with Crippen LogP contribution in [-0.2, 0) is 19.2 Å². The fourth-order valence-electron chi connectivity index (χ4n) is 1.86. The zero-order valence-corrected chi connectivity index (χ0v) is 12.2. The van der Waals surface area contributed by atoms with Crippen molar-refractivity contribution in [1.29, 1.82) is 0 Å². The molecule has 1 fully saturated rings. The first-order valence-electron chi connectivity index (χ1n) is 6.69. The molecule has 0 saturated heterocycles. The molecule has 0 aromatic heterocycles. The number of nitrogens with two attached hydrogens (primary N) is 1. The van der Waals surface area contributed by atoms with Gasteiger partial charge >= 0.3 is 11.9 Å². The molecule has 0 aromatic rings. The van der Waals surface area contributed by atoms with Gasteiger partial charge in [0.05, 0.1) is 6.54 Å². The fraction of sp³-hybridized carbons (Fsp3) is 0.583. The molecule has 23 heavy (non-hydrogen) atoms. The van der Waals surface area contributed by atoms with Crippen LogP contribution in [0.5, 0.6) is 0 Å². The van der Waals surface area contributed by atoms with Crippen molar-refractivity contribution in [2.45, 2.75) is 37.8 Å². The number of amides is 1. The summed E-state index contributed by atoms with van der Waals surface area (Å²) < 4.78 is 0. The van der Waals surface area contributed by atoms with Gasteiger partial charge in [0.2, 0.25) is 5.91 Å². The van der Waals surface area contributed by atoms with E-state index in [1.165, 1.54) is 0 Å². The molecule has 0 radical (unpaired) electrons. The molecule has 0 aliphatic heterocycles. The standard InChI is InChI=1S/C8H15N3O4.C4H4O4/c9-5-8(12)10-6-1-3-7(4-2-6)15-11(13)14;5-3(6)1-2-4(7)8/h6-7H,1-5,9H2,(H,10,12);1-2H,(H,5,6)(H,7,8). The maximum atomic E-state index is 11.0. The molecule has 5 N–H and O–H groups in total. The van der Waals surface area contributed by atoms with Crippen molar-refractivity contribution in [1.82, 2.24) is 5.32 Å². The van der Waals surface area contributed by atoms with Crippen LogP contribution in [0.2, 0.25) is 0 Å². The second kappa shape index (κ2) is 11.0. The van der Waals surface area contributed by atoms with Crippen molar-refractivity contribution < 1.29 is 34.5 Å². The lowest BCUT2D eigenvalue weighted by molar-refractivity contribution is -0.769. The minimum absolute atomic E-state index is 0.0225. The van der Waals surface area contributed by atoms with E-state index in [0.717, 1.165) is 0 Å². The van der Waals surface area contributed by atoms with E-state index >= 15 is 0 Å². The monoisotopic (exact) mass is 333 g/mol. The molecule has 1 rings (SSSR count). The third-order valence-corrected chi connectivity index (χ3v) is 2.83. The number of carbonyl (C=O) groups is 3. The molecule has 130 valence electrons. The Kier molecular flexibility index (Phi) is 9.67. The summed E-state index contributed by atoms with van der Waals surface area (Å²) in [5, 5.41) is 27.7. The summed E-state index contributed by atoms with van der Waals surface area (Å²) in [4.78, 5) is 44.6. The van der Waals surface area contributed by atoms with Gasteiger partial charge in [-0.2, -0.15) is 0 Å². The van der Waals surface area contributed by atoms with Gasteiger partial charge in [-0.25, -0.2) is 9.59 Å². The number of nitrogens with one attached hydrogen (secondary N) is 1. The van der Waals surface area contributed by atoms with E-state index in [9.17, 15) is 24.5 Å². The highest BCUT2D eigenvalue weighted by atomic mass is 17.0. The molecule has 0 unspecified atom stereocenters. The van der Waals surface area contributed by atoms with E-state index in [-0.39, 0.29) is 24.6 Å². The summed E-state index contributed by atoms with van der Waals surface area (Å²) in [6.45, 7) is -0.0225. The lowest BCUT2D eigenvalue weighted by atomic mass is 9.93. The Bertz CT molecular complexity index is 441. The molecule has 1 aliphatic rings. The smallest absolute Gasteiger partial charge is 0.328 e. The maximum Gasteiger partial charge on any atom is 0.328 e. The molecule has 0 heterocycles. The van der Waals surface area contributed by atoms with Gasteiger partial charge in [0, 0.05) is 18.2 Å². The highest BCUT2D eigenvalue weighted by Crippen LogP contribution is 2.21. The zero-order chi connectivity index (χ0) is 17.8. The van der Waals surface area contributed by atoms with Crippen molar-refractivity contribution in [3.63, 3.8) is 0 Å². The largest absolute Gasteiger partial charge is 0.478 e. The molecule has 1 amide bonds. The Balaban J connectivity index is 0.000000515. The molecule has 1 aliphatic carbocycles. The van der Waals surface area contributed by atoms with Gasteiger partial charge in [0.15, 0.2) is 0 Å². The summed E-state index contributed by atoms with van der Waals surface area (Å²) in [5.41, 5.74) is 5.16. The minimum Gasteiger partial charge on any atom is -0.478 e. The highest BCUT2D eigenvalue weighted by molar-refractivity contribution is 5.89. The summed E-state index contributed by atoms with van der Waals surface area (Å²) in [5.74, 6) is -2.70. The van der Waals surface area contributed by atoms with E-state index in [1.807, 2.05) is 0 Å². The molecule has 1 saturated carbocycles. The first-order valence-corrected chi connectivity index (χ1v) is 6.69. The zero-order valence-electron chi connectivity index (χ0n) is 12.2. The van der Waals surface area contributed by atoms with Crippen LogP contribution in [0.25, 0.3) is 0 Å². The van der Waals surface area contributed by atoms with E-state index in [4.69, 9.17) is 15.9 Å². The molecule has 11 heteroatoms. The average Bonchev–Trinajstić information content (AvgIpc) is 2.47. The average molecular weight is 333 g/mol. The Morgan fingerprint density at radius 1 is 1.17 bits per heavy atom. The highest BCUT2D eigenvalue weighted by Gasteiger charge is 2.24. The molecule has 0 spiro atoms. The van der Waals surface area contributed by atoms with Gasteiger partial charge in [-0.1, -0.05) is 0 Å². The van der Waals surface area contributed by atoms with Crippen LogP contribution in [0.4, 0.5) is 0 Å². The molecule has 11 nitrogen and oxygen atoms in total. The van der Waals surface area contributed by atoms with Gasteiger partial charge in [-0.05, 0) is 25.7 Å². The van der Waals surface area contributed by atoms with Crippen molar-refractivity contribution in [3.8, 4) is 0 Å². The van der Waals surface area contributed by atoms with Crippen molar-refractivity contribution >= 4 is 17.8 Å². The minimum atomic E-state index is -1.26. The van der Waals surface area contributed by atoms with Gasteiger partial charge in [-0.15, -0.1) is 10.1 Å². The number of aliphatic carboxylic acids is 2. The van der Waals surface area contributed by atoms with Gasteiger partial charge in [0.25, 0.3) is 5.09 Å². The lowest BCUT2D eigenvalue weighted by Crippen LogP contribution is -2.42. The fourth-order valence-corrected chi connectivity index (χ4v) is 1.86. The lowest BCUT2D eigenvalue weighted by Gasteiger charge is -2.27. The third kappa shape index (κ3) is 11.6. The Morgan fingerprint density at radius 3 is 2.00 bits per heavy atom. The number of carboxylic acids is 2. The Morgan fingerprint density at radius 2 is 1.65 bits per heavy atom. The van der Waals surface area contributed by atoms with Crippen LogP contribution in [0.1, 0.15) is 25.7 Å². The van der Waals surface area contributed by atoms with Crippen LogP contribution in [-0.4, -0.2) is 51.8 Å². The normalized spacial score (nSPS) is 20.0. The van der Waals surface area contributed by atoms with E-state index in [2.05, 4.69) is 10.2 Å². The van der Waals surface area contributed by atoms with Crippen LogP contribution in [0.3, 0.4) is 0 Å². The van der Waals surface area contributed by atoms with Crippen LogP contribution in [0.15, 0.2) is 12.2 Å². The maximum absolute atomic E-state index is 11.0. The summed E-state index contributed by atoms with van der Waals surface area (Å²) in [6, 6.07) is 0.0765. The predicted molar refractivity (Wildman–Crippen MR) is 75.7 cm³/mol. The topological polar surface area (TPSA) is 182 Å². The molecule has 0 atom stereocenters. The van der Waals surface area contributed by atoms with Gasteiger partial charge in [-0.3, -0.25) is 4.79 Å².